The summed E-state index contributed by atoms with van der Waals surface area (Å²) in [6.07, 6.45) is 12.5. The highest BCUT2D eigenvalue weighted by Gasteiger charge is 2.07. The van der Waals surface area contributed by atoms with Gasteiger partial charge in [0.05, 0.1) is 36.5 Å². The number of aromatic nitrogens is 7. The summed E-state index contributed by atoms with van der Waals surface area (Å²) >= 11 is 0. The highest BCUT2D eigenvalue weighted by atomic mass is 16.3. The van der Waals surface area contributed by atoms with Crippen molar-refractivity contribution in [2.45, 2.75) is 32.9 Å². The van der Waals surface area contributed by atoms with Gasteiger partial charge in [-0.25, -0.2) is 4.98 Å². The van der Waals surface area contributed by atoms with Gasteiger partial charge in [0, 0.05) is 42.8 Å². The maximum Gasteiger partial charge on any atom is 0.0941 e. The van der Waals surface area contributed by atoms with E-state index < -0.39 is 0 Å². The number of H-pyrrole nitrogens is 1. The predicted octanol–water partition coefficient (Wildman–Crippen LogP) is 3.22. The van der Waals surface area contributed by atoms with Crippen LogP contribution in [0.2, 0.25) is 0 Å². The summed E-state index contributed by atoms with van der Waals surface area (Å²) in [7, 11) is 0. The lowest BCUT2D eigenvalue weighted by Gasteiger charge is -1.98. The summed E-state index contributed by atoms with van der Waals surface area (Å²) in [5, 5.41) is 18.6. The molecule has 27 heavy (non-hydrogen) atoms. The van der Waals surface area contributed by atoms with Crippen LogP contribution in [0, 0.1) is 4.91 Å². The molecular weight excluding hydrogens is 344 g/mol. The monoisotopic (exact) mass is 366 g/mol. The summed E-state index contributed by atoms with van der Waals surface area (Å²) < 4.78 is 3.69. The Morgan fingerprint density at radius 3 is 2.52 bits per heavy atom. The second kappa shape index (κ2) is 9.37. The van der Waals surface area contributed by atoms with E-state index in [0.717, 1.165) is 29.8 Å². The van der Waals surface area contributed by atoms with Gasteiger partial charge in [-0.3, -0.25) is 14.5 Å². The van der Waals surface area contributed by atoms with Crippen molar-refractivity contribution in [1.82, 2.24) is 34.7 Å². The minimum absolute atomic E-state index is 0.280. The normalized spacial score (nSPS) is 10.6. The fraction of sp³-hybridized carbons (Fsp3) is 0.333. The first kappa shape index (κ1) is 18.4. The fourth-order valence-electron chi connectivity index (χ4n) is 2.58. The Hall–Kier alpha value is -3.36. The van der Waals surface area contributed by atoms with E-state index in [1.54, 1.807) is 23.3 Å². The quantitative estimate of drug-likeness (QED) is 0.486. The Kier molecular flexibility index (Phi) is 6.40. The van der Waals surface area contributed by atoms with Gasteiger partial charge in [-0.2, -0.15) is 20.2 Å². The molecule has 0 amide bonds. The maximum atomic E-state index is 10.2. The minimum Gasteiger partial charge on any atom is -0.286 e. The lowest BCUT2D eigenvalue weighted by molar-refractivity contribution is 0.585. The minimum atomic E-state index is 0.280. The molecule has 0 atom stereocenters. The van der Waals surface area contributed by atoms with E-state index in [1.165, 1.54) is 0 Å². The van der Waals surface area contributed by atoms with E-state index >= 15 is 0 Å². The summed E-state index contributed by atoms with van der Waals surface area (Å²) in [6, 6.07) is 3.77. The largest absolute Gasteiger partial charge is 0.286 e. The summed E-state index contributed by atoms with van der Waals surface area (Å²) in [5.41, 5.74) is 3.25. The average molecular weight is 366 g/mol. The van der Waals surface area contributed by atoms with Crippen molar-refractivity contribution < 1.29 is 0 Å². The third-order valence-electron chi connectivity index (χ3n) is 3.87. The molecule has 140 valence electrons. The van der Waals surface area contributed by atoms with Crippen LogP contribution in [-0.2, 0) is 13.1 Å². The summed E-state index contributed by atoms with van der Waals surface area (Å²) in [6.45, 7) is 3.89. The van der Waals surface area contributed by atoms with Crippen LogP contribution in [0.4, 0.5) is 0 Å². The van der Waals surface area contributed by atoms with Gasteiger partial charge >= 0.3 is 0 Å². The molecule has 9 heteroatoms. The van der Waals surface area contributed by atoms with Crippen molar-refractivity contribution in [2.24, 2.45) is 5.18 Å². The van der Waals surface area contributed by atoms with Crippen molar-refractivity contribution in [1.29, 1.82) is 0 Å². The van der Waals surface area contributed by atoms with Gasteiger partial charge in [0.2, 0.25) is 0 Å². The molecule has 9 nitrogen and oxygen atoms in total. The summed E-state index contributed by atoms with van der Waals surface area (Å²) in [4.78, 5) is 15.0. The van der Waals surface area contributed by atoms with Gasteiger partial charge in [0.1, 0.15) is 0 Å². The predicted molar refractivity (Wildman–Crippen MR) is 102 cm³/mol. The van der Waals surface area contributed by atoms with Gasteiger partial charge in [-0.15, -0.1) is 0 Å². The van der Waals surface area contributed by atoms with Gasteiger partial charge in [0.25, 0.3) is 0 Å². The molecule has 0 spiro atoms. The van der Waals surface area contributed by atoms with Crippen LogP contribution in [-0.4, -0.2) is 41.3 Å². The SMILES string of the molecule is CCCn1cc(-c2ccc[nH]ncc(-c3cnn(CCCN=O)c3)n2)cn1. The number of nitrogens with one attached hydrogen (secondary N) is 1. The van der Waals surface area contributed by atoms with Crippen molar-refractivity contribution in [3.8, 4) is 22.5 Å². The Bertz CT molecular complexity index is 925. The Balaban J connectivity index is 1.95. The third kappa shape index (κ3) is 5.06. The molecule has 0 saturated heterocycles. The molecule has 3 heterocycles. The van der Waals surface area contributed by atoms with E-state index in [-0.39, 0.29) is 6.54 Å². The van der Waals surface area contributed by atoms with Crippen LogP contribution in [0.3, 0.4) is 0 Å². The van der Waals surface area contributed by atoms with Gasteiger partial charge < -0.3 is 0 Å². The number of aryl methyl sites for hydroxylation is 2. The standard InChI is InChI=1S/C18H22N8O/c1-2-8-25-13-15(10-21-25)17-5-3-6-19-20-12-18(24-17)16-11-22-26(14-16)9-4-7-23-27/h3,5-6,10-14,19H,2,4,7-9H2,1H3. The van der Waals surface area contributed by atoms with Crippen LogP contribution in [0.15, 0.2) is 54.5 Å². The van der Waals surface area contributed by atoms with Gasteiger partial charge in [-0.1, -0.05) is 12.1 Å². The lowest BCUT2D eigenvalue weighted by Crippen LogP contribution is -1.99. The van der Waals surface area contributed by atoms with Crippen LogP contribution in [0.1, 0.15) is 19.8 Å². The van der Waals surface area contributed by atoms with Gasteiger partial charge in [0.15, 0.2) is 0 Å². The lowest BCUT2D eigenvalue weighted by atomic mass is 10.2. The van der Waals surface area contributed by atoms with Gasteiger partial charge in [-0.05, 0) is 25.0 Å². The first-order valence-corrected chi connectivity index (χ1v) is 8.89. The molecule has 0 unspecified atom stereocenters. The van der Waals surface area contributed by atoms with Crippen LogP contribution in [0.25, 0.3) is 22.5 Å². The highest BCUT2D eigenvalue weighted by Crippen LogP contribution is 2.19. The van der Waals surface area contributed by atoms with E-state index in [2.05, 4.69) is 32.5 Å². The van der Waals surface area contributed by atoms with Crippen molar-refractivity contribution >= 4 is 0 Å². The fourth-order valence-corrected chi connectivity index (χ4v) is 2.58. The Morgan fingerprint density at radius 1 is 1.04 bits per heavy atom. The Labute approximate surface area is 156 Å². The number of hydrogen-bond acceptors (Lipinski definition) is 6. The molecule has 0 aromatic carbocycles. The van der Waals surface area contributed by atoms with E-state index in [9.17, 15) is 4.91 Å². The molecule has 0 saturated carbocycles. The molecule has 1 N–H and O–H groups in total. The third-order valence-corrected chi connectivity index (χ3v) is 3.87. The topological polar surface area (TPSA) is 107 Å². The molecule has 3 aromatic heterocycles. The van der Waals surface area contributed by atoms with E-state index in [0.29, 0.717) is 18.7 Å². The van der Waals surface area contributed by atoms with Crippen LogP contribution < -0.4 is 0 Å². The van der Waals surface area contributed by atoms with Crippen LogP contribution in [0.5, 0.6) is 0 Å². The molecule has 3 rings (SSSR count). The molecule has 0 bridgehead atoms. The molecule has 0 aliphatic rings. The zero-order valence-electron chi connectivity index (χ0n) is 15.2. The van der Waals surface area contributed by atoms with E-state index in [1.807, 2.05) is 35.4 Å². The second-order valence-electron chi connectivity index (χ2n) is 5.99. The molecule has 0 radical (unpaired) electrons. The van der Waals surface area contributed by atoms with Crippen LogP contribution >= 0.6 is 0 Å². The second-order valence-corrected chi connectivity index (χ2v) is 5.99. The molecule has 0 aliphatic carbocycles. The molecular formula is C18H22N8O. The molecule has 0 aliphatic heterocycles. The first-order chi connectivity index (χ1) is 13.3. The van der Waals surface area contributed by atoms with Crippen molar-refractivity contribution in [2.75, 3.05) is 6.54 Å². The molecule has 3 aromatic rings. The number of hydrogen-bond donors (Lipinski definition) is 1. The van der Waals surface area contributed by atoms with Crippen molar-refractivity contribution in [3.63, 3.8) is 0 Å². The summed E-state index contributed by atoms with van der Waals surface area (Å²) in [5.74, 6) is 0. The highest BCUT2D eigenvalue weighted by molar-refractivity contribution is 5.62. The zero-order valence-corrected chi connectivity index (χ0v) is 15.2. The Morgan fingerprint density at radius 2 is 1.78 bits per heavy atom. The zero-order chi connectivity index (χ0) is 18.9. The maximum absolute atomic E-state index is 10.2. The first-order valence-electron chi connectivity index (χ1n) is 8.89. The smallest absolute Gasteiger partial charge is 0.0941 e. The number of aromatic amines is 1. The molecule has 0 fully saturated rings. The number of nitroso groups, excluding NO2 is 1. The number of nitrogens with zero attached hydrogens (tertiary/aromatic N) is 7. The average Bonchev–Trinajstić information content (AvgIpc) is 3.33. The van der Waals surface area contributed by atoms with Crippen molar-refractivity contribution in [3.05, 3.63) is 54.2 Å². The van der Waals surface area contributed by atoms with E-state index in [4.69, 9.17) is 4.98 Å². The number of rotatable bonds is 8.